The van der Waals surface area contributed by atoms with Crippen LogP contribution in [-0.2, 0) is 0 Å². The van der Waals surface area contributed by atoms with Gasteiger partial charge in [-0.05, 0) is 18.2 Å². The third-order valence-corrected chi connectivity index (χ3v) is 2.86. The van der Waals surface area contributed by atoms with Crippen molar-refractivity contribution in [3.8, 4) is 23.3 Å². The first-order valence-corrected chi connectivity index (χ1v) is 5.56. The van der Waals surface area contributed by atoms with Crippen LogP contribution in [0.4, 0.5) is 11.4 Å². The van der Waals surface area contributed by atoms with E-state index in [2.05, 4.69) is 0 Å². The molecular weight excluding hydrogens is 256 g/mol. The lowest BCUT2D eigenvalue weighted by Crippen LogP contribution is -1.99. The molecule has 20 heavy (non-hydrogen) atoms. The summed E-state index contributed by atoms with van der Waals surface area (Å²) in [6.07, 6.45) is 0. The van der Waals surface area contributed by atoms with Crippen LogP contribution in [0.2, 0.25) is 0 Å². The summed E-state index contributed by atoms with van der Waals surface area (Å²) in [5.41, 5.74) is 6.49. The summed E-state index contributed by atoms with van der Waals surface area (Å²) in [5, 5.41) is 29.1. The van der Waals surface area contributed by atoms with Crippen LogP contribution in [0.1, 0.15) is 11.1 Å². The molecule has 0 aliphatic carbocycles. The summed E-state index contributed by atoms with van der Waals surface area (Å²) in [4.78, 5) is 10.6. The van der Waals surface area contributed by atoms with Crippen LogP contribution in [0.15, 0.2) is 36.4 Å². The molecule has 0 fully saturated rings. The highest BCUT2D eigenvalue weighted by molar-refractivity contribution is 5.86. The summed E-state index contributed by atoms with van der Waals surface area (Å²) < 4.78 is 0. The summed E-state index contributed by atoms with van der Waals surface area (Å²) in [6, 6.07) is 12.8. The Hall–Kier alpha value is -3.38. The van der Waals surface area contributed by atoms with Gasteiger partial charge in [0, 0.05) is 5.56 Å². The molecule has 0 aliphatic rings. The Labute approximate surface area is 114 Å². The maximum absolute atomic E-state index is 11.2. The monoisotopic (exact) mass is 264 g/mol. The number of para-hydroxylation sites is 2. The van der Waals surface area contributed by atoms with Crippen molar-refractivity contribution < 1.29 is 4.92 Å². The van der Waals surface area contributed by atoms with Gasteiger partial charge in [-0.2, -0.15) is 10.5 Å². The van der Waals surface area contributed by atoms with Crippen molar-refractivity contribution >= 4 is 11.4 Å². The van der Waals surface area contributed by atoms with E-state index in [1.165, 1.54) is 18.2 Å². The number of hydrogen-bond donors (Lipinski definition) is 1. The maximum Gasteiger partial charge on any atom is 0.294 e. The molecule has 0 spiro atoms. The zero-order chi connectivity index (χ0) is 14.7. The van der Waals surface area contributed by atoms with Gasteiger partial charge in [-0.15, -0.1) is 0 Å². The molecule has 0 aliphatic heterocycles. The lowest BCUT2D eigenvalue weighted by Gasteiger charge is -2.08. The average Bonchev–Trinajstić information content (AvgIpc) is 2.46. The van der Waals surface area contributed by atoms with E-state index in [0.29, 0.717) is 5.56 Å². The molecule has 0 saturated heterocycles. The number of hydrogen-bond acceptors (Lipinski definition) is 5. The lowest BCUT2D eigenvalue weighted by atomic mass is 9.97. The Bertz CT molecular complexity index is 785. The Morgan fingerprint density at radius 2 is 1.55 bits per heavy atom. The van der Waals surface area contributed by atoms with Gasteiger partial charge in [-0.1, -0.05) is 18.2 Å². The van der Waals surface area contributed by atoms with Crippen molar-refractivity contribution in [3.63, 3.8) is 0 Å². The van der Waals surface area contributed by atoms with E-state index in [4.69, 9.17) is 16.3 Å². The fourth-order valence-electron chi connectivity index (χ4n) is 1.95. The zero-order valence-electron chi connectivity index (χ0n) is 10.2. The largest absolute Gasteiger partial charge is 0.397 e. The number of nitrogens with zero attached hydrogens (tertiary/aromatic N) is 3. The minimum atomic E-state index is -0.619. The molecule has 2 aromatic rings. The Kier molecular flexibility index (Phi) is 3.32. The highest BCUT2D eigenvalue weighted by atomic mass is 16.6. The number of anilines is 1. The molecule has 96 valence electrons. The average molecular weight is 264 g/mol. The van der Waals surface area contributed by atoms with Crippen LogP contribution in [0.3, 0.4) is 0 Å². The number of rotatable bonds is 2. The van der Waals surface area contributed by atoms with E-state index < -0.39 is 4.92 Å². The van der Waals surface area contributed by atoms with Crippen molar-refractivity contribution in [2.45, 2.75) is 0 Å². The number of nitro groups is 1. The normalized spacial score (nSPS) is 9.50. The van der Waals surface area contributed by atoms with Gasteiger partial charge in [-0.25, -0.2) is 0 Å². The van der Waals surface area contributed by atoms with Crippen molar-refractivity contribution in [1.82, 2.24) is 0 Å². The smallest absolute Gasteiger partial charge is 0.294 e. The number of nitro benzene ring substituents is 1. The van der Waals surface area contributed by atoms with Gasteiger partial charge in [0.2, 0.25) is 0 Å². The molecule has 0 heterocycles. The Morgan fingerprint density at radius 3 is 2.10 bits per heavy atom. The van der Waals surface area contributed by atoms with Gasteiger partial charge in [-0.3, -0.25) is 10.1 Å². The first-order chi connectivity index (χ1) is 9.60. The second kappa shape index (κ2) is 5.09. The third kappa shape index (κ3) is 2.02. The first-order valence-electron chi connectivity index (χ1n) is 5.56. The van der Waals surface area contributed by atoms with Crippen LogP contribution in [0.25, 0.3) is 11.1 Å². The quantitative estimate of drug-likeness (QED) is 0.508. The fraction of sp³-hybridized carbons (Fsp3) is 0. The van der Waals surface area contributed by atoms with Gasteiger partial charge in [0.25, 0.3) is 5.69 Å². The van der Waals surface area contributed by atoms with E-state index in [1.54, 1.807) is 24.3 Å². The van der Waals surface area contributed by atoms with Crippen molar-refractivity contribution in [3.05, 3.63) is 57.6 Å². The van der Waals surface area contributed by atoms with Gasteiger partial charge in [0.1, 0.15) is 17.7 Å². The first kappa shape index (κ1) is 13.1. The predicted octanol–water partition coefficient (Wildman–Crippen LogP) is 2.59. The number of benzene rings is 2. The van der Waals surface area contributed by atoms with Crippen LogP contribution in [0, 0.1) is 32.8 Å². The molecule has 2 N–H and O–H groups in total. The van der Waals surface area contributed by atoms with Crippen LogP contribution in [-0.4, -0.2) is 4.92 Å². The van der Waals surface area contributed by atoms with Gasteiger partial charge >= 0.3 is 0 Å². The highest BCUT2D eigenvalue weighted by Gasteiger charge is 2.22. The molecule has 0 unspecified atom stereocenters. The molecule has 0 aromatic heterocycles. The predicted molar refractivity (Wildman–Crippen MR) is 72.4 cm³/mol. The van der Waals surface area contributed by atoms with Crippen molar-refractivity contribution in [2.75, 3.05) is 5.73 Å². The van der Waals surface area contributed by atoms with Crippen LogP contribution >= 0.6 is 0 Å². The maximum atomic E-state index is 11.2. The molecule has 6 heteroatoms. The molecule has 2 aromatic carbocycles. The van der Waals surface area contributed by atoms with Crippen molar-refractivity contribution in [2.24, 2.45) is 0 Å². The lowest BCUT2D eigenvalue weighted by molar-refractivity contribution is -0.384. The van der Waals surface area contributed by atoms with Gasteiger partial charge in [0.15, 0.2) is 0 Å². The van der Waals surface area contributed by atoms with Crippen molar-refractivity contribution in [1.29, 1.82) is 10.5 Å². The Balaban J connectivity index is 2.82. The summed E-state index contributed by atoms with van der Waals surface area (Å²) in [5.74, 6) is 0. The SMILES string of the molecule is N#Cc1cccc(-c2cccc(C#N)c2[N+](=O)[O-])c1N. The number of nitrogen functional groups attached to an aromatic ring is 1. The van der Waals surface area contributed by atoms with Gasteiger partial charge < -0.3 is 5.73 Å². The molecule has 0 amide bonds. The third-order valence-electron chi connectivity index (χ3n) is 2.86. The zero-order valence-corrected chi connectivity index (χ0v) is 10.2. The van der Waals surface area contributed by atoms with Gasteiger partial charge in [0.05, 0.1) is 21.7 Å². The van der Waals surface area contributed by atoms with E-state index >= 15 is 0 Å². The molecule has 0 bridgehead atoms. The van der Waals surface area contributed by atoms with E-state index in [1.807, 2.05) is 6.07 Å². The second-order valence-electron chi connectivity index (χ2n) is 3.95. The van der Waals surface area contributed by atoms with E-state index in [0.717, 1.165) is 0 Å². The molecular formula is C14H8N4O2. The summed E-state index contributed by atoms with van der Waals surface area (Å²) >= 11 is 0. The Morgan fingerprint density at radius 1 is 1.00 bits per heavy atom. The standard InChI is InChI=1S/C14H8N4O2/c15-7-9-3-1-5-11(13(9)17)12-6-2-4-10(8-16)14(12)18(19)20/h1-6H,17H2. The number of nitriles is 2. The summed E-state index contributed by atoms with van der Waals surface area (Å²) in [7, 11) is 0. The van der Waals surface area contributed by atoms with Crippen LogP contribution < -0.4 is 5.73 Å². The molecule has 2 rings (SSSR count). The van der Waals surface area contributed by atoms with E-state index in [9.17, 15) is 10.1 Å². The fourth-order valence-corrected chi connectivity index (χ4v) is 1.95. The molecule has 0 atom stereocenters. The molecule has 6 nitrogen and oxygen atoms in total. The minimum Gasteiger partial charge on any atom is -0.397 e. The topological polar surface area (TPSA) is 117 Å². The number of nitrogens with two attached hydrogens (primary N) is 1. The van der Waals surface area contributed by atoms with E-state index in [-0.39, 0.29) is 28.1 Å². The minimum absolute atomic E-state index is 0.0470. The molecule has 0 saturated carbocycles. The second-order valence-corrected chi connectivity index (χ2v) is 3.95. The molecule has 0 radical (unpaired) electrons. The highest BCUT2D eigenvalue weighted by Crippen LogP contribution is 2.36. The van der Waals surface area contributed by atoms with Crippen LogP contribution in [0.5, 0.6) is 0 Å². The summed E-state index contributed by atoms with van der Waals surface area (Å²) in [6.45, 7) is 0.